The van der Waals surface area contributed by atoms with Crippen molar-refractivity contribution in [3.8, 4) is 11.3 Å². The van der Waals surface area contributed by atoms with E-state index < -0.39 is 0 Å². The van der Waals surface area contributed by atoms with E-state index in [9.17, 15) is 4.79 Å². The normalized spacial score (nSPS) is 10.0. The number of hydrogen-bond acceptors (Lipinski definition) is 5. The van der Waals surface area contributed by atoms with Crippen LogP contribution in [0.3, 0.4) is 0 Å². The quantitative estimate of drug-likeness (QED) is 0.459. The first-order chi connectivity index (χ1) is 14.1. The molecule has 0 unspecified atom stereocenters. The number of esters is 1. The van der Waals surface area contributed by atoms with Crippen LogP contribution in [-0.4, -0.2) is 36.6 Å². The number of methoxy groups -OCH3 is 1. The van der Waals surface area contributed by atoms with Gasteiger partial charge in [-0.1, -0.05) is 56.6 Å². The lowest BCUT2D eigenvalue weighted by Gasteiger charge is -2.05. The first-order valence-electron chi connectivity index (χ1n) is 9.50. The summed E-state index contributed by atoms with van der Waals surface area (Å²) in [5, 5.41) is 4.38. The highest BCUT2D eigenvalue weighted by atomic mass is 35.5. The fourth-order valence-electron chi connectivity index (χ4n) is 2.17. The molecule has 6 heteroatoms. The van der Waals surface area contributed by atoms with Crippen LogP contribution < -0.4 is 5.32 Å². The predicted molar refractivity (Wildman–Crippen MR) is 122 cm³/mol. The third kappa shape index (κ3) is 7.64. The summed E-state index contributed by atoms with van der Waals surface area (Å²) in [6, 6.07) is 11.3. The Labute approximate surface area is 177 Å². The maximum Gasteiger partial charge on any atom is 0.330 e. The number of pyridine rings is 2. The summed E-state index contributed by atoms with van der Waals surface area (Å²) in [4.78, 5) is 19.8. The monoisotopic (exact) mass is 413 g/mol. The summed E-state index contributed by atoms with van der Waals surface area (Å²) < 4.78 is 4.56. The number of halogens is 1. The standard InChI is InChI=1S/C18H13ClN2O2.C3H9N.C2H6/c1-23-18(22)7-4-12-2-5-13(6-3-12)17-10-15(19)14-11-20-9-8-16(14)21-17;1-3-4-2;1-2/h2-11H,1H3;4H,3H2,1-2H3;1-2H3/b7-4+;;. The molecule has 0 atom stereocenters. The summed E-state index contributed by atoms with van der Waals surface area (Å²) in [7, 11) is 3.28. The molecule has 0 aliphatic carbocycles. The van der Waals surface area contributed by atoms with Gasteiger partial charge in [0.2, 0.25) is 0 Å². The summed E-state index contributed by atoms with van der Waals surface area (Å²) in [6.45, 7) is 7.14. The average molecular weight is 414 g/mol. The second-order valence-electron chi connectivity index (χ2n) is 5.57. The zero-order valence-electron chi connectivity index (χ0n) is 17.6. The number of benzene rings is 1. The van der Waals surface area contributed by atoms with Crippen molar-refractivity contribution in [1.82, 2.24) is 15.3 Å². The summed E-state index contributed by atoms with van der Waals surface area (Å²) in [6.07, 6.45) is 6.47. The molecule has 1 N–H and O–H groups in total. The van der Waals surface area contributed by atoms with E-state index in [1.54, 1.807) is 18.5 Å². The number of nitrogens with zero attached hydrogens (tertiary/aromatic N) is 2. The molecule has 0 saturated carbocycles. The van der Waals surface area contributed by atoms with Gasteiger partial charge in [-0.15, -0.1) is 0 Å². The molecule has 0 radical (unpaired) electrons. The van der Waals surface area contributed by atoms with Crippen LogP contribution in [-0.2, 0) is 9.53 Å². The Kier molecular flexibility index (Phi) is 11.2. The lowest BCUT2D eigenvalue weighted by atomic mass is 10.1. The second kappa shape index (κ2) is 13.4. The average Bonchev–Trinajstić information content (AvgIpc) is 2.79. The lowest BCUT2D eigenvalue weighted by molar-refractivity contribution is -0.134. The van der Waals surface area contributed by atoms with Crippen molar-refractivity contribution in [3.05, 3.63) is 65.5 Å². The van der Waals surface area contributed by atoms with Crippen molar-refractivity contribution in [1.29, 1.82) is 0 Å². The number of rotatable bonds is 4. The Morgan fingerprint density at radius 2 is 1.86 bits per heavy atom. The van der Waals surface area contributed by atoms with Gasteiger partial charge in [-0.25, -0.2) is 9.78 Å². The molecule has 1 aromatic carbocycles. The van der Waals surface area contributed by atoms with Crippen LogP contribution in [0.25, 0.3) is 28.2 Å². The summed E-state index contributed by atoms with van der Waals surface area (Å²) in [5.41, 5.74) is 3.44. The molecular formula is C23H28ClN3O2. The minimum absolute atomic E-state index is 0.384. The van der Waals surface area contributed by atoms with Gasteiger partial charge in [-0.3, -0.25) is 4.98 Å². The number of hydrogen-bond donors (Lipinski definition) is 1. The first-order valence-corrected chi connectivity index (χ1v) is 9.88. The fraction of sp³-hybridized carbons (Fsp3) is 0.261. The SMILES string of the molecule is CC.CCNC.COC(=O)/C=C/c1ccc(-c2cc(Cl)c3cnccc3n2)cc1. The highest BCUT2D eigenvalue weighted by Crippen LogP contribution is 2.27. The predicted octanol–water partition coefficient (Wildman–Crippen LogP) is 5.39. The van der Waals surface area contributed by atoms with Crippen molar-refractivity contribution < 1.29 is 9.53 Å². The third-order valence-electron chi connectivity index (χ3n) is 3.73. The van der Waals surface area contributed by atoms with Crippen LogP contribution >= 0.6 is 11.6 Å². The third-order valence-corrected chi connectivity index (χ3v) is 4.05. The zero-order valence-corrected chi connectivity index (χ0v) is 18.3. The molecule has 0 aliphatic heterocycles. The number of aromatic nitrogens is 2. The van der Waals surface area contributed by atoms with Gasteiger partial charge in [-0.2, -0.15) is 0 Å². The van der Waals surface area contributed by atoms with Gasteiger partial charge < -0.3 is 10.1 Å². The molecular weight excluding hydrogens is 386 g/mol. The van der Waals surface area contributed by atoms with E-state index >= 15 is 0 Å². The molecule has 0 spiro atoms. The highest BCUT2D eigenvalue weighted by Gasteiger charge is 2.06. The first kappa shape index (κ1) is 24.3. The minimum atomic E-state index is -0.384. The smallest absolute Gasteiger partial charge is 0.330 e. The Morgan fingerprint density at radius 3 is 2.45 bits per heavy atom. The zero-order chi connectivity index (χ0) is 21.6. The van der Waals surface area contributed by atoms with Crippen molar-refractivity contribution in [3.63, 3.8) is 0 Å². The molecule has 0 bridgehead atoms. The number of nitrogens with one attached hydrogen (secondary N) is 1. The van der Waals surface area contributed by atoms with Crippen molar-refractivity contribution in [2.75, 3.05) is 20.7 Å². The maximum absolute atomic E-state index is 11.1. The number of carbonyl (C=O) groups is 1. The van der Waals surface area contributed by atoms with Gasteiger partial charge in [-0.05, 0) is 37.4 Å². The Balaban J connectivity index is 0.000000627. The minimum Gasteiger partial charge on any atom is -0.466 e. The molecule has 0 fully saturated rings. The van der Waals surface area contributed by atoms with Gasteiger partial charge in [0.05, 0.1) is 23.3 Å². The van der Waals surface area contributed by atoms with E-state index in [0.29, 0.717) is 5.02 Å². The number of ether oxygens (including phenoxy) is 1. The van der Waals surface area contributed by atoms with Gasteiger partial charge in [0.25, 0.3) is 0 Å². The number of fused-ring (bicyclic) bond motifs is 1. The molecule has 154 valence electrons. The van der Waals surface area contributed by atoms with Crippen LogP contribution in [0.4, 0.5) is 0 Å². The molecule has 3 aromatic rings. The van der Waals surface area contributed by atoms with Crippen LogP contribution in [0, 0.1) is 0 Å². The van der Waals surface area contributed by atoms with Gasteiger partial charge in [0.1, 0.15) is 0 Å². The van der Waals surface area contributed by atoms with E-state index in [0.717, 1.165) is 34.3 Å². The Hall–Kier alpha value is -2.76. The van der Waals surface area contributed by atoms with Crippen LogP contribution in [0.2, 0.25) is 5.02 Å². The van der Waals surface area contributed by atoms with Gasteiger partial charge in [0, 0.05) is 29.4 Å². The Morgan fingerprint density at radius 1 is 1.21 bits per heavy atom. The Bertz CT molecular complexity index is 923. The molecule has 2 heterocycles. The fourth-order valence-corrected chi connectivity index (χ4v) is 2.42. The van der Waals surface area contributed by atoms with Crippen molar-refractivity contribution >= 4 is 34.5 Å². The molecule has 2 aromatic heterocycles. The second-order valence-corrected chi connectivity index (χ2v) is 5.97. The lowest BCUT2D eigenvalue weighted by Crippen LogP contribution is -2.01. The van der Waals surface area contributed by atoms with E-state index in [1.807, 2.05) is 57.3 Å². The summed E-state index contributed by atoms with van der Waals surface area (Å²) in [5.74, 6) is -0.384. The van der Waals surface area contributed by atoms with E-state index in [2.05, 4.69) is 26.9 Å². The molecule has 0 aliphatic rings. The maximum atomic E-state index is 11.1. The van der Waals surface area contributed by atoms with E-state index in [4.69, 9.17) is 11.6 Å². The van der Waals surface area contributed by atoms with Crippen LogP contribution in [0.1, 0.15) is 26.3 Å². The van der Waals surface area contributed by atoms with E-state index in [-0.39, 0.29) is 5.97 Å². The molecule has 0 amide bonds. The summed E-state index contributed by atoms with van der Waals surface area (Å²) >= 11 is 6.30. The van der Waals surface area contributed by atoms with Crippen molar-refractivity contribution in [2.45, 2.75) is 20.8 Å². The van der Waals surface area contributed by atoms with Gasteiger partial charge in [0.15, 0.2) is 0 Å². The van der Waals surface area contributed by atoms with Crippen LogP contribution in [0.15, 0.2) is 54.9 Å². The number of carbonyl (C=O) groups excluding carboxylic acids is 1. The molecule has 5 nitrogen and oxygen atoms in total. The molecule has 29 heavy (non-hydrogen) atoms. The molecule has 3 rings (SSSR count). The van der Waals surface area contributed by atoms with Gasteiger partial charge >= 0.3 is 5.97 Å². The van der Waals surface area contributed by atoms with E-state index in [1.165, 1.54) is 13.2 Å². The molecule has 0 saturated heterocycles. The highest BCUT2D eigenvalue weighted by molar-refractivity contribution is 6.35. The largest absolute Gasteiger partial charge is 0.466 e. The van der Waals surface area contributed by atoms with Crippen molar-refractivity contribution in [2.24, 2.45) is 0 Å². The topological polar surface area (TPSA) is 64.1 Å². The van der Waals surface area contributed by atoms with Crippen LogP contribution in [0.5, 0.6) is 0 Å².